The summed E-state index contributed by atoms with van der Waals surface area (Å²) >= 11 is 0. The smallest absolute Gasteiger partial charge is 0.257 e. The summed E-state index contributed by atoms with van der Waals surface area (Å²) in [6.45, 7) is 0. The predicted octanol–water partition coefficient (Wildman–Crippen LogP) is 1.27. The van der Waals surface area contributed by atoms with E-state index < -0.39 is 0 Å². The van der Waals surface area contributed by atoms with Crippen molar-refractivity contribution in [2.75, 3.05) is 33.2 Å². The molecule has 0 amide bonds. The molecule has 1 rings (SSSR count). The molecule has 3 heteroatoms. The van der Waals surface area contributed by atoms with Crippen LogP contribution < -0.4 is 5.01 Å². The number of hydrazine groups is 1. The maximum Gasteiger partial charge on any atom is 0.257 e. The van der Waals surface area contributed by atoms with Gasteiger partial charge in [-0.05, 0) is 12.1 Å². The minimum Gasteiger partial charge on any atom is -0.272 e. The molecule has 0 heterocycles. The largest absolute Gasteiger partial charge is 0.272 e. The van der Waals surface area contributed by atoms with Crippen LogP contribution in [0.15, 0.2) is 30.3 Å². The molecule has 0 N–H and O–H groups in total. The van der Waals surface area contributed by atoms with Crippen LogP contribution in [0.3, 0.4) is 0 Å². The van der Waals surface area contributed by atoms with Gasteiger partial charge in [0.25, 0.3) is 6.34 Å². The summed E-state index contributed by atoms with van der Waals surface area (Å²) in [5.41, 5.74) is 1.17. The molecule has 3 nitrogen and oxygen atoms in total. The van der Waals surface area contributed by atoms with Crippen molar-refractivity contribution in [3.8, 4) is 0 Å². The Kier molecular flexibility index (Phi) is 3.51. The number of nitrogens with zero attached hydrogens (tertiary/aromatic N) is 3. The van der Waals surface area contributed by atoms with Crippen molar-refractivity contribution in [2.45, 2.75) is 0 Å². The predicted molar refractivity (Wildman–Crippen MR) is 60.8 cm³/mol. The molecule has 0 aliphatic carbocycles. The molecule has 0 radical (unpaired) electrons. The second-order valence-electron chi connectivity index (χ2n) is 3.51. The molecule has 0 fully saturated rings. The van der Waals surface area contributed by atoms with Gasteiger partial charge in [0.1, 0.15) is 7.05 Å². The van der Waals surface area contributed by atoms with E-state index in [0.717, 1.165) is 0 Å². The molecule has 0 saturated heterocycles. The van der Waals surface area contributed by atoms with E-state index >= 15 is 0 Å². The van der Waals surface area contributed by atoms with Crippen molar-refractivity contribution >= 4 is 12.0 Å². The zero-order valence-electron chi connectivity index (χ0n) is 9.31. The minimum absolute atomic E-state index is 1.17. The molecule has 0 bridgehead atoms. The Labute approximate surface area is 85.9 Å². The van der Waals surface area contributed by atoms with E-state index in [0.29, 0.717) is 0 Å². The van der Waals surface area contributed by atoms with Crippen molar-refractivity contribution in [1.29, 1.82) is 0 Å². The van der Waals surface area contributed by atoms with Gasteiger partial charge in [0, 0.05) is 7.05 Å². The number of anilines is 1. The van der Waals surface area contributed by atoms with E-state index in [4.69, 9.17) is 0 Å². The van der Waals surface area contributed by atoms with Crippen LogP contribution in [0.2, 0.25) is 0 Å². The first kappa shape index (κ1) is 10.6. The zero-order chi connectivity index (χ0) is 10.6. The highest BCUT2D eigenvalue weighted by molar-refractivity contribution is 5.55. The third kappa shape index (κ3) is 2.76. The fourth-order valence-electron chi connectivity index (χ4n) is 1.24. The highest BCUT2D eigenvalue weighted by atomic mass is 15.6. The Balaban J connectivity index is 2.76. The summed E-state index contributed by atoms with van der Waals surface area (Å²) in [6, 6.07) is 10.3. The molecule has 0 atom stereocenters. The Morgan fingerprint density at radius 3 is 2.14 bits per heavy atom. The summed E-state index contributed by atoms with van der Waals surface area (Å²) in [6.07, 6.45) is 2.02. The SMILES string of the molecule is CN(C=[N+](C)C)N(C)c1ccccc1. The van der Waals surface area contributed by atoms with Gasteiger partial charge in [0.2, 0.25) is 0 Å². The quantitative estimate of drug-likeness (QED) is 0.309. The Morgan fingerprint density at radius 1 is 1.07 bits per heavy atom. The van der Waals surface area contributed by atoms with Crippen molar-refractivity contribution < 1.29 is 4.58 Å². The van der Waals surface area contributed by atoms with Crippen molar-refractivity contribution in [3.05, 3.63) is 30.3 Å². The molecule has 1 aromatic rings. The molecule has 1 aromatic carbocycles. The van der Waals surface area contributed by atoms with Crippen LogP contribution in [0.1, 0.15) is 0 Å². The summed E-state index contributed by atoms with van der Waals surface area (Å²) < 4.78 is 2.01. The average molecular weight is 192 g/mol. The molecule has 0 aromatic heterocycles. The molecular weight excluding hydrogens is 174 g/mol. The monoisotopic (exact) mass is 192 g/mol. The lowest BCUT2D eigenvalue weighted by Crippen LogP contribution is -2.37. The van der Waals surface area contributed by atoms with Crippen LogP contribution in [0.5, 0.6) is 0 Å². The Morgan fingerprint density at radius 2 is 1.64 bits per heavy atom. The van der Waals surface area contributed by atoms with Gasteiger partial charge in [-0.2, -0.15) is 5.01 Å². The second kappa shape index (κ2) is 4.65. The number of hydrogen-bond donors (Lipinski definition) is 0. The lowest BCUT2D eigenvalue weighted by molar-refractivity contribution is -0.464. The molecule has 0 aliphatic heterocycles. The van der Waals surface area contributed by atoms with Crippen LogP contribution in [-0.2, 0) is 0 Å². The fourth-order valence-corrected chi connectivity index (χ4v) is 1.24. The van der Waals surface area contributed by atoms with Gasteiger partial charge in [0.05, 0.1) is 19.8 Å². The van der Waals surface area contributed by atoms with Crippen molar-refractivity contribution in [1.82, 2.24) is 5.01 Å². The third-order valence-electron chi connectivity index (χ3n) is 2.00. The number of benzene rings is 1. The van der Waals surface area contributed by atoms with Crippen molar-refractivity contribution in [3.63, 3.8) is 0 Å². The van der Waals surface area contributed by atoms with Gasteiger partial charge >= 0.3 is 0 Å². The van der Waals surface area contributed by atoms with E-state index in [2.05, 4.69) is 17.1 Å². The van der Waals surface area contributed by atoms with Gasteiger partial charge in [-0.15, -0.1) is 0 Å². The first-order chi connectivity index (χ1) is 6.61. The van der Waals surface area contributed by atoms with Crippen LogP contribution in [0.25, 0.3) is 0 Å². The van der Waals surface area contributed by atoms with Crippen LogP contribution in [-0.4, -0.2) is 44.1 Å². The minimum atomic E-state index is 1.17. The highest BCUT2D eigenvalue weighted by Crippen LogP contribution is 2.11. The molecular formula is C11H18N3+. The molecule has 0 saturated carbocycles. The van der Waals surface area contributed by atoms with E-state index in [1.54, 1.807) is 0 Å². The molecule has 0 spiro atoms. The number of para-hydroxylation sites is 1. The topological polar surface area (TPSA) is 9.49 Å². The van der Waals surface area contributed by atoms with E-state index in [-0.39, 0.29) is 0 Å². The Bertz CT molecular complexity index is 302. The van der Waals surface area contributed by atoms with Gasteiger partial charge in [0.15, 0.2) is 0 Å². The standard InChI is InChI=1S/C11H18N3/c1-12(2)10-13(3)14(4)11-8-6-5-7-9-11/h5-10H,1-4H3/q+1. The molecule has 14 heavy (non-hydrogen) atoms. The van der Waals surface area contributed by atoms with Gasteiger partial charge in [-0.25, -0.2) is 5.01 Å². The van der Waals surface area contributed by atoms with Gasteiger partial charge in [-0.3, -0.25) is 4.58 Å². The number of rotatable bonds is 3. The summed E-state index contributed by atoms with van der Waals surface area (Å²) in [5, 5.41) is 4.12. The lowest BCUT2D eigenvalue weighted by Gasteiger charge is -2.21. The third-order valence-corrected chi connectivity index (χ3v) is 2.00. The maximum absolute atomic E-state index is 2.08. The average Bonchev–Trinajstić information content (AvgIpc) is 2.17. The van der Waals surface area contributed by atoms with E-state index in [9.17, 15) is 0 Å². The fraction of sp³-hybridized carbons (Fsp3) is 0.364. The Hall–Kier alpha value is -1.51. The van der Waals surface area contributed by atoms with Crippen LogP contribution in [0.4, 0.5) is 5.69 Å². The van der Waals surface area contributed by atoms with Gasteiger partial charge < -0.3 is 0 Å². The lowest BCUT2D eigenvalue weighted by atomic mass is 10.3. The van der Waals surface area contributed by atoms with Crippen LogP contribution in [0, 0.1) is 0 Å². The molecule has 0 aliphatic rings. The first-order valence-corrected chi connectivity index (χ1v) is 4.64. The van der Waals surface area contributed by atoms with Crippen LogP contribution >= 0.6 is 0 Å². The summed E-state index contributed by atoms with van der Waals surface area (Å²) in [7, 11) is 8.08. The maximum atomic E-state index is 2.08. The van der Waals surface area contributed by atoms with Crippen molar-refractivity contribution in [2.24, 2.45) is 0 Å². The van der Waals surface area contributed by atoms with Gasteiger partial charge in [-0.1, -0.05) is 18.2 Å². The molecule has 76 valence electrons. The highest BCUT2D eigenvalue weighted by Gasteiger charge is 2.08. The zero-order valence-corrected chi connectivity index (χ0v) is 9.31. The normalized spacial score (nSPS) is 9.43. The summed E-state index contributed by atoms with van der Waals surface area (Å²) in [5.74, 6) is 0. The second-order valence-corrected chi connectivity index (χ2v) is 3.51. The molecule has 0 unspecified atom stereocenters. The number of hydrogen-bond acceptors (Lipinski definition) is 1. The van der Waals surface area contributed by atoms with E-state index in [1.165, 1.54) is 5.69 Å². The van der Waals surface area contributed by atoms with E-state index in [1.807, 2.05) is 62.3 Å². The first-order valence-electron chi connectivity index (χ1n) is 4.64. The summed E-state index contributed by atoms with van der Waals surface area (Å²) in [4.78, 5) is 0.